The molecule has 0 aliphatic carbocycles. The Kier molecular flexibility index (Phi) is 7.41. The van der Waals surface area contributed by atoms with Gasteiger partial charge < -0.3 is 11.1 Å². The highest BCUT2D eigenvalue weighted by Gasteiger charge is 2.31. The minimum Gasteiger partial charge on any atom is -0.369 e. The Hall–Kier alpha value is -1.70. The van der Waals surface area contributed by atoms with Crippen molar-refractivity contribution in [2.75, 3.05) is 11.5 Å². The number of alkyl halides is 3. The van der Waals surface area contributed by atoms with E-state index in [0.717, 1.165) is 23.9 Å². The Morgan fingerprint density at radius 2 is 2.00 bits per heavy atom. The molecule has 0 fully saturated rings. The molecule has 0 radical (unpaired) electrons. The van der Waals surface area contributed by atoms with Gasteiger partial charge in [-0.2, -0.15) is 13.2 Å². The van der Waals surface area contributed by atoms with Gasteiger partial charge in [-0.25, -0.2) is 0 Å². The molecule has 2 amide bonds. The highest BCUT2D eigenvalue weighted by Crippen LogP contribution is 2.31. The first kappa shape index (κ1) is 19.3. The van der Waals surface area contributed by atoms with Crippen LogP contribution in [0.4, 0.5) is 13.2 Å². The number of primary amides is 1. The molecule has 0 aliphatic rings. The number of halogens is 3. The third-order valence-electron chi connectivity index (χ3n) is 3.01. The Morgan fingerprint density at radius 1 is 1.30 bits per heavy atom. The van der Waals surface area contributed by atoms with Gasteiger partial charge >= 0.3 is 6.18 Å². The van der Waals surface area contributed by atoms with Gasteiger partial charge in [-0.3, -0.25) is 9.59 Å². The Labute approximate surface area is 137 Å². The van der Waals surface area contributed by atoms with Crippen LogP contribution in [0.1, 0.15) is 36.9 Å². The van der Waals surface area contributed by atoms with Crippen molar-refractivity contribution in [3.05, 3.63) is 35.4 Å². The number of amides is 2. The molecule has 0 bridgehead atoms. The van der Waals surface area contributed by atoms with Gasteiger partial charge in [0.2, 0.25) is 11.8 Å². The van der Waals surface area contributed by atoms with Crippen molar-refractivity contribution in [1.29, 1.82) is 0 Å². The molecule has 1 rings (SSSR count). The quantitative estimate of drug-likeness (QED) is 0.759. The third-order valence-corrected chi connectivity index (χ3v) is 3.96. The molecular weight excluding hydrogens is 329 g/mol. The molecule has 1 aromatic rings. The van der Waals surface area contributed by atoms with Gasteiger partial charge in [0.25, 0.3) is 0 Å². The van der Waals surface area contributed by atoms with Crippen LogP contribution in [0.3, 0.4) is 0 Å². The van der Waals surface area contributed by atoms with Crippen LogP contribution in [0.5, 0.6) is 0 Å². The average molecular weight is 348 g/mol. The Balaban J connectivity index is 2.78. The molecule has 0 aromatic heterocycles. The van der Waals surface area contributed by atoms with Gasteiger partial charge in [0, 0.05) is 0 Å². The lowest BCUT2D eigenvalue weighted by molar-refractivity contribution is -0.137. The summed E-state index contributed by atoms with van der Waals surface area (Å²) >= 11 is 1.07. The summed E-state index contributed by atoms with van der Waals surface area (Å²) in [5, 5.41) is 2.71. The smallest absolute Gasteiger partial charge is 0.369 e. The summed E-state index contributed by atoms with van der Waals surface area (Å²) in [7, 11) is 0. The largest absolute Gasteiger partial charge is 0.416 e. The van der Waals surface area contributed by atoms with E-state index in [1.165, 1.54) is 6.07 Å². The molecular formula is C15H19F3N2O2S. The van der Waals surface area contributed by atoms with Crippen LogP contribution in [0, 0.1) is 0 Å². The fourth-order valence-electron chi connectivity index (χ4n) is 2.02. The number of hydrogen-bond donors (Lipinski definition) is 2. The standard InChI is InChI=1S/C15H19F3N2O2S/c1-2-4-12(20-14(22)9-23-8-13(19)21)10-5-3-6-11(7-10)15(16,17)18/h3,5-7,12H,2,4,8-9H2,1H3,(H2,19,21)(H,20,22)/t12-/m1/s1. The molecule has 0 spiro atoms. The third kappa shape index (κ3) is 6.94. The second kappa shape index (κ2) is 8.81. The zero-order valence-electron chi connectivity index (χ0n) is 12.7. The van der Waals surface area contributed by atoms with Crippen LogP contribution >= 0.6 is 11.8 Å². The molecule has 23 heavy (non-hydrogen) atoms. The number of thioether (sulfide) groups is 1. The molecule has 1 atom stereocenters. The van der Waals surface area contributed by atoms with E-state index in [9.17, 15) is 22.8 Å². The van der Waals surface area contributed by atoms with Crippen molar-refractivity contribution >= 4 is 23.6 Å². The summed E-state index contributed by atoms with van der Waals surface area (Å²) < 4.78 is 38.4. The summed E-state index contributed by atoms with van der Waals surface area (Å²) in [4.78, 5) is 22.5. The van der Waals surface area contributed by atoms with E-state index in [-0.39, 0.29) is 17.4 Å². The van der Waals surface area contributed by atoms with Gasteiger partial charge in [-0.1, -0.05) is 25.5 Å². The number of rotatable bonds is 8. The van der Waals surface area contributed by atoms with Crippen molar-refractivity contribution in [2.45, 2.75) is 32.0 Å². The molecule has 0 saturated carbocycles. The highest BCUT2D eigenvalue weighted by molar-refractivity contribution is 8.00. The maximum atomic E-state index is 12.8. The van der Waals surface area contributed by atoms with Crippen molar-refractivity contribution in [3.8, 4) is 0 Å². The molecule has 0 unspecified atom stereocenters. The summed E-state index contributed by atoms with van der Waals surface area (Å²) in [5.41, 5.74) is 4.65. The summed E-state index contributed by atoms with van der Waals surface area (Å²) in [6.07, 6.45) is -3.20. The summed E-state index contributed by atoms with van der Waals surface area (Å²) in [6.45, 7) is 1.88. The number of hydrogen-bond acceptors (Lipinski definition) is 3. The first-order valence-corrected chi connectivity index (χ1v) is 8.22. The molecule has 0 heterocycles. The minimum absolute atomic E-state index is 0.0232. The normalized spacial score (nSPS) is 12.7. The molecule has 8 heteroatoms. The second-order valence-corrected chi connectivity index (χ2v) is 5.98. The van der Waals surface area contributed by atoms with Crippen molar-refractivity contribution in [2.24, 2.45) is 5.73 Å². The minimum atomic E-state index is -4.42. The number of nitrogens with one attached hydrogen (secondary N) is 1. The first-order chi connectivity index (χ1) is 10.7. The van der Waals surface area contributed by atoms with E-state index >= 15 is 0 Å². The van der Waals surface area contributed by atoms with E-state index < -0.39 is 23.7 Å². The lowest BCUT2D eigenvalue weighted by Crippen LogP contribution is -2.30. The maximum absolute atomic E-state index is 12.8. The summed E-state index contributed by atoms with van der Waals surface area (Å²) in [6, 6.07) is 4.44. The van der Waals surface area contributed by atoms with Crippen molar-refractivity contribution < 1.29 is 22.8 Å². The topological polar surface area (TPSA) is 72.2 Å². The van der Waals surface area contributed by atoms with Gasteiger partial charge in [0.15, 0.2) is 0 Å². The van der Waals surface area contributed by atoms with Gasteiger partial charge in [0.05, 0.1) is 23.1 Å². The predicted molar refractivity (Wildman–Crippen MR) is 83.8 cm³/mol. The molecule has 0 saturated heterocycles. The fourth-order valence-corrected chi connectivity index (χ4v) is 2.59. The van der Waals surface area contributed by atoms with Crippen LogP contribution in [0.15, 0.2) is 24.3 Å². The first-order valence-electron chi connectivity index (χ1n) is 7.06. The number of carbonyl (C=O) groups excluding carboxylic acids is 2. The average Bonchev–Trinajstić information content (AvgIpc) is 2.45. The molecule has 128 valence electrons. The lowest BCUT2D eigenvalue weighted by Gasteiger charge is -2.20. The van der Waals surface area contributed by atoms with E-state index in [2.05, 4.69) is 5.32 Å². The zero-order chi connectivity index (χ0) is 17.5. The van der Waals surface area contributed by atoms with E-state index in [1.54, 1.807) is 6.07 Å². The monoisotopic (exact) mass is 348 g/mol. The van der Waals surface area contributed by atoms with Crippen LogP contribution in [0.25, 0.3) is 0 Å². The lowest BCUT2D eigenvalue weighted by atomic mass is 10.00. The van der Waals surface area contributed by atoms with E-state index in [1.807, 2.05) is 6.92 Å². The zero-order valence-corrected chi connectivity index (χ0v) is 13.5. The van der Waals surface area contributed by atoms with Crippen molar-refractivity contribution in [3.63, 3.8) is 0 Å². The number of benzene rings is 1. The van der Waals surface area contributed by atoms with E-state index in [4.69, 9.17) is 5.73 Å². The van der Waals surface area contributed by atoms with Gasteiger partial charge in [-0.15, -0.1) is 11.8 Å². The van der Waals surface area contributed by atoms with Crippen LogP contribution < -0.4 is 11.1 Å². The molecule has 3 N–H and O–H groups in total. The second-order valence-electron chi connectivity index (χ2n) is 4.99. The molecule has 0 aliphatic heterocycles. The van der Waals surface area contributed by atoms with Crippen LogP contribution in [0.2, 0.25) is 0 Å². The highest BCUT2D eigenvalue weighted by atomic mass is 32.2. The van der Waals surface area contributed by atoms with Gasteiger partial charge in [0.1, 0.15) is 0 Å². The Bertz CT molecular complexity index is 550. The van der Waals surface area contributed by atoms with Crippen LogP contribution in [-0.4, -0.2) is 23.3 Å². The van der Waals surface area contributed by atoms with Crippen LogP contribution in [-0.2, 0) is 15.8 Å². The number of nitrogens with two attached hydrogens (primary N) is 1. The van der Waals surface area contributed by atoms with Crippen molar-refractivity contribution in [1.82, 2.24) is 5.32 Å². The molecule has 4 nitrogen and oxygen atoms in total. The summed E-state index contributed by atoms with van der Waals surface area (Å²) in [5.74, 6) is -0.810. The fraction of sp³-hybridized carbons (Fsp3) is 0.467. The molecule has 1 aromatic carbocycles. The van der Waals surface area contributed by atoms with Gasteiger partial charge in [-0.05, 0) is 24.1 Å². The predicted octanol–water partition coefficient (Wildman–Crippen LogP) is 2.88. The SMILES string of the molecule is CCC[C@@H](NC(=O)CSCC(N)=O)c1cccc(C(F)(F)F)c1. The van der Waals surface area contributed by atoms with E-state index in [0.29, 0.717) is 18.4 Å². The number of carbonyl (C=O) groups is 2. The Morgan fingerprint density at radius 3 is 2.57 bits per heavy atom. The maximum Gasteiger partial charge on any atom is 0.416 e.